The topological polar surface area (TPSA) is 29.9 Å². The lowest BCUT2D eigenvalue weighted by Crippen LogP contribution is -2.11. The SMILES string of the molecule is CC(C)n1ccnc1NC1CC1c1ccccc1. The normalized spacial score (nSPS) is 22.2. The molecule has 3 heteroatoms. The van der Waals surface area contributed by atoms with Crippen molar-refractivity contribution in [3.8, 4) is 0 Å². The van der Waals surface area contributed by atoms with Gasteiger partial charge in [0.1, 0.15) is 0 Å². The van der Waals surface area contributed by atoms with Crippen molar-refractivity contribution in [2.75, 3.05) is 5.32 Å². The van der Waals surface area contributed by atoms with Gasteiger partial charge in [-0.25, -0.2) is 4.98 Å². The quantitative estimate of drug-likeness (QED) is 0.888. The summed E-state index contributed by atoms with van der Waals surface area (Å²) in [5.74, 6) is 1.64. The first kappa shape index (κ1) is 11.3. The van der Waals surface area contributed by atoms with Crippen molar-refractivity contribution < 1.29 is 0 Å². The molecule has 18 heavy (non-hydrogen) atoms. The van der Waals surface area contributed by atoms with Crippen molar-refractivity contribution in [1.29, 1.82) is 0 Å². The fraction of sp³-hybridized carbons (Fsp3) is 0.400. The third-order valence-corrected chi connectivity index (χ3v) is 3.56. The Morgan fingerprint density at radius 3 is 2.78 bits per heavy atom. The Balaban J connectivity index is 1.68. The number of benzene rings is 1. The minimum Gasteiger partial charge on any atom is -0.352 e. The molecule has 0 saturated heterocycles. The van der Waals surface area contributed by atoms with E-state index in [0.29, 0.717) is 18.0 Å². The van der Waals surface area contributed by atoms with Gasteiger partial charge in [-0.15, -0.1) is 0 Å². The van der Waals surface area contributed by atoms with Crippen LogP contribution >= 0.6 is 0 Å². The summed E-state index contributed by atoms with van der Waals surface area (Å²) >= 11 is 0. The summed E-state index contributed by atoms with van der Waals surface area (Å²) in [6.45, 7) is 4.35. The minimum atomic E-state index is 0.448. The molecule has 2 atom stereocenters. The second-order valence-corrected chi connectivity index (χ2v) is 5.26. The number of rotatable bonds is 4. The Bertz CT molecular complexity index is 516. The van der Waals surface area contributed by atoms with Crippen LogP contribution in [0.1, 0.15) is 37.8 Å². The molecule has 1 N–H and O–H groups in total. The molecule has 1 aliphatic carbocycles. The third-order valence-electron chi connectivity index (χ3n) is 3.56. The molecule has 2 unspecified atom stereocenters. The van der Waals surface area contributed by atoms with Crippen molar-refractivity contribution in [2.24, 2.45) is 0 Å². The maximum atomic E-state index is 4.40. The van der Waals surface area contributed by atoms with E-state index in [9.17, 15) is 0 Å². The molecule has 1 fully saturated rings. The summed E-state index contributed by atoms with van der Waals surface area (Å²) in [6, 6.07) is 11.7. The predicted octanol–water partition coefficient (Wildman–Crippen LogP) is 3.43. The molecule has 2 aromatic rings. The summed E-state index contributed by atoms with van der Waals surface area (Å²) in [4.78, 5) is 4.40. The minimum absolute atomic E-state index is 0.448. The Kier molecular flexibility index (Phi) is 2.82. The summed E-state index contributed by atoms with van der Waals surface area (Å²) in [5, 5.41) is 3.55. The molecule has 0 spiro atoms. The van der Waals surface area contributed by atoms with Crippen LogP contribution in [-0.2, 0) is 0 Å². The maximum absolute atomic E-state index is 4.40. The van der Waals surface area contributed by atoms with Crippen LogP contribution in [-0.4, -0.2) is 15.6 Å². The Morgan fingerprint density at radius 1 is 1.28 bits per heavy atom. The summed E-state index contributed by atoms with van der Waals surface area (Å²) in [5.41, 5.74) is 1.43. The molecule has 94 valence electrons. The molecule has 3 nitrogen and oxygen atoms in total. The lowest BCUT2D eigenvalue weighted by Gasteiger charge is -2.12. The number of hydrogen-bond acceptors (Lipinski definition) is 2. The van der Waals surface area contributed by atoms with Crippen molar-refractivity contribution in [3.63, 3.8) is 0 Å². The number of nitrogens with one attached hydrogen (secondary N) is 1. The number of hydrogen-bond donors (Lipinski definition) is 1. The van der Waals surface area contributed by atoms with E-state index in [0.717, 1.165) is 5.95 Å². The van der Waals surface area contributed by atoms with E-state index in [4.69, 9.17) is 0 Å². The van der Waals surface area contributed by atoms with Gasteiger partial charge in [0.25, 0.3) is 0 Å². The highest BCUT2D eigenvalue weighted by atomic mass is 15.2. The number of nitrogens with zero attached hydrogens (tertiary/aromatic N) is 2. The first-order chi connectivity index (χ1) is 8.75. The van der Waals surface area contributed by atoms with Gasteiger partial charge in [-0.1, -0.05) is 30.3 Å². The highest BCUT2D eigenvalue weighted by Gasteiger charge is 2.38. The number of aromatic nitrogens is 2. The van der Waals surface area contributed by atoms with Crippen LogP contribution < -0.4 is 5.32 Å². The van der Waals surface area contributed by atoms with Gasteiger partial charge in [-0.05, 0) is 25.8 Å². The van der Waals surface area contributed by atoms with E-state index in [-0.39, 0.29) is 0 Å². The van der Waals surface area contributed by atoms with E-state index >= 15 is 0 Å². The smallest absolute Gasteiger partial charge is 0.203 e. The van der Waals surface area contributed by atoms with Crippen LogP contribution in [0.3, 0.4) is 0 Å². The molecular weight excluding hydrogens is 222 g/mol. The molecule has 0 amide bonds. The van der Waals surface area contributed by atoms with Gasteiger partial charge < -0.3 is 9.88 Å². The van der Waals surface area contributed by atoms with E-state index in [1.165, 1.54) is 12.0 Å². The van der Waals surface area contributed by atoms with Gasteiger partial charge >= 0.3 is 0 Å². The second-order valence-electron chi connectivity index (χ2n) is 5.26. The van der Waals surface area contributed by atoms with E-state index < -0.39 is 0 Å². The zero-order valence-electron chi connectivity index (χ0n) is 10.9. The van der Waals surface area contributed by atoms with Crippen molar-refractivity contribution in [3.05, 3.63) is 48.3 Å². The van der Waals surface area contributed by atoms with Crippen LogP contribution in [0, 0.1) is 0 Å². The molecular formula is C15H19N3. The molecule has 0 bridgehead atoms. The zero-order valence-corrected chi connectivity index (χ0v) is 10.9. The first-order valence-electron chi connectivity index (χ1n) is 6.60. The standard InChI is InChI=1S/C15H19N3/c1-11(2)18-9-8-16-15(18)17-14-10-13(14)12-6-4-3-5-7-12/h3-9,11,13-14H,10H2,1-2H3,(H,16,17). The number of imidazole rings is 1. The lowest BCUT2D eigenvalue weighted by atomic mass is 10.1. The molecule has 1 aromatic heterocycles. The molecule has 0 aliphatic heterocycles. The van der Waals surface area contributed by atoms with Crippen LogP contribution in [0.25, 0.3) is 0 Å². The monoisotopic (exact) mass is 241 g/mol. The highest BCUT2D eigenvalue weighted by molar-refractivity contribution is 5.38. The average Bonchev–Trinajstić information content (AvgIpc) is 2.97. The first-order valence-corrected chi connectivity index (χ1v) is 6.60. The summed E-state index contributed by atoms with van der Waals surface area (Å²) in [7, 11) is 0. The van der Waals surface area contributed by atoms with Gasteiger partial charge in [-0.3, -0.25) is 0 Å². The Hall–Kier alpha value is -1.77. The van der Waals surface area contributed by atoms with Gasteiger partial charge in [-0.2, -0.15) is 0 Å². The fourth-order valence-electron chi connectivity index (χ4n) is 2.43. The van der Waals surface area contributed by atoms with Gasteiger partial charge in [0.15, 0.2) is 0 Å². The average molecular weight is 241 g/mol. The van der Waals surface area contributed by atoms with Gasteiger partial charge in [0.2, 0.25) is 5.95 Å². The largest absolute Gasteiger partial charge is 0.352 e. The van der Waals surface area contributed by atoms with Crippen molar-refractivity contribution >= 4 is 5.95 Å². The highest BCUT2D eigenvalue weighted by Crippen LogP contribution is 2.42. The van der Waals surface area contributed by atoms with E-state index in [1.807, 2.05) is 12.4 Å². The van der Waals surface area contributed by atoms with Crippen LogP contribution in [0.2, 0.25) is 0 Å². The maximum Gasteiger partial charge on any atom is 0.203 e. The molecule has 0 radical (unpaired) electrons. The van der Waals surface area contributed by atoms with Crippen molar-refractivity contribution in [2.45, 2.75) is 38.3 Å². The van der Waals surface area contributed by atoms with Crippen LogP contribution in [0.15, 0.2) is 42.7 Å². The predicted molar refractivity (Wildman–Crippen MR) is 73.8 cm³/mol. The Labute approximate surface area is 108 Å². The van der Waals surface area contributed by atoms with Crippen LogP contribution in [0.4, 0.5) is 5.95 Å². The van der Waals surface area contributed by atoms with E-state index in [2.05, 4.69) is 59.0 Å². The van der Waals surface area contributed by atoms with Gasteiger partial charge in [0.05, 0.1) is 0 Å². The molecule has 1 aliphatic rings. The lowest BCUT2D eigenvalue weighted by molar-refractivity contribution is 0.604. The van der Waals surface area contributed by atoms with Gasteiger partial charge in [0, 0.05) is 30.4 Å². The third kappa shape index (κ3) is 2.13. The molecule has 1 aromatic carbocycles. The Morgan fingerprint density at radius 2 is 2.06 bits per heavy atom. The van der Waals surface area contributed by atoms with Crippen LogP contribution in [0.5, 0.6) is 0 Å². The zero-order chi connectivity index (χ0) is 12.5. The molecule has 1 saturated carbocycles. The molecule has 3 rings (SSSR count). The van der Waals surface area contributed by atoms with E-state index in [1.54, 1.807) is 0 Å². The summed E-state index contributed by atoms with van der Waals surface area (Å²) in [6.07, 6.45) is 5.10. The second kappa shape index (κ2) is 4.48. The fourth-order valence-corrected chi connectivity index (χ4v) is 2.43. The molecule has 1 heterocycles. The van der Waals surface area contributed by atoms with Crippen molar-refractivity contribution in [1.82, 2.24) is 9.55 Å². The number of anilines is 1. The summed E-state index contributed by atoms with van der Waals surface area (Å²) < 4.78 is 2.18.